The molecule has 2 heterocycles. The summed E-state index contributed by atoms with van der Waals surface area (Å²) in [7, 11) is 0. The lowest BCUT2D eigenvalue weighted by atomic mass is 10.2. The molecule has 4 rings (SSSR count). The van der Waals surface area contributed by atoms with Crippen LogP contribution < -0.4 is 9.47 Å². The summed E-state index contributed by atoms with van der Waals surface area (Å²) in [6.45, 7) is 5.62. The number of para-hydroxylation sites is 2. The second-order valence-corrected chi connectivity index (χ2v) is 7.28. The fraction of sp³-hybridized carbons (Fsp3) is 0.391. The van der Waals surface area contributed by atoms with Crippen LogP contribution in [0.25, 0.3) is 11.4 Å². The minimum atomic E-state index is 0.0459. The maximum absolute atomic E-state index is 6.12. The highest BCUT2D eigenvalue weighted by atomic mass is 16.6. The molecular weight excluding hydrogens is 366 g/mol. The van der Waals surface area contributed by atoms with Crippen molar-refractivity contribution in [2.45, 2.75) is 32.3 Å². The number of ether oxygens (including phenoxy) is 2. The van der Waals surface area contributed by atoms with E-state index >= 15 is 0 Å². The van der Waals surface area contributed by atoms with E-state index < -0.39 is 0 Å². The van der Waals surface area contributed by atoms with Crippen LogP contribution in [0.3, 0.4) is 0 Å². The zero-order chi connectivity index (χ0) is 19.9. The van der Waals surface area contributed by atoms with Gasteiger partial charge in [-0.2, -0.15) is 4.98 Å². The molecule has 1 aliphatic heterocycles. The molecule has 6 heteroatoms. The molecule has 1 atom stereocenters. The topological polar surface area (TPSA) is 60.6 Å². The van der Waals surface area contributed by atoms with Gasteiger partial charge in [-0.1, -0.05) is 54.5 Å². The summed E-state index contributed by atoms with van der Waals surface area (Å²) in [5, 5.41) is 4.10. The van der Waals surface area contributed by atoms with Crippen LogP contribution in [0.15, 0.2) is 59.1 Å². The molecule has 0 saturated carbocycles. The lowest BCUT2D eigenvalue weighted by Crippen LogP contribution is -2.41. The van der Waals surface area contributed by atoms with E-state index in [1.165, 1.54) is 0 Å². The molecule has 6 nitrogen and oxygen atoms in total. The molecular formula is C23H27N3O3. The van der Waals surface area contributed by atoms with Crippen molar-refractivity contribution < 1.29 is 14.0 Å². The Morgan fingerprint density at radius 2 is 1.79 bits per heavy atom. The first kappa shape index (κ1) is 19.5. The smallest absolute Gasteiger partial charge is 0.227 e. The Labute approximate surface area is 171 Å². The van der Waals surface area contributed by atoms with Crippen molar-refractivity contribution in [3.05, 3.63) is 60.5 Å². The second-order valence-electron chi connectivity index (χ2n) is 7.28. The largest absolute Gasteiger partial charge is 0.486 e. The van der Waals surface area contributed by atoms with Crippen molar-refractivity contribution in [3.63, 3.8) is 0 Å². The minimum Gasteiger partial charge on any atom is -0.486 e. The highest BCUT2D eigenvalue weighted by molar-refractivity contribution is 5.53. The van der Waals surface area contributed by atoms with Crippen molar-refractivity contribution in [3.8, 4) is 22.9 Å². The minimum absolute atomic E-state index is 0.0459. The van der Waals surface area contributed by atoms with Gasteiger partial charge in [0.1, 0.15) is 12.7 Å². The maximum atomic E-state index is 6.12. The third-order valence-electron chi connectivity index (χ3n) is 4.93. The van der Waals surface area contributed by atoms with Gasteiger partial charge < -0.3 is 14.0 Å². The van der Waals surface area contributed by atoms with Crippen LogP contribution in [-0.2, 0) is 6.42 Å². The van der Waals surface area contributed by atoms with Crippen LogP contribution in [0.1, 0.15) is 25.7 Å². The zero-order valence-electron chi connectivity index (χ0n) is 16.8. The second kappa shape index (κ2) is 9.56. The third kappa shape index (κ3) is 5.15. The Bertz CT molecular complexity index is 897. The summed E-state index contributed by atoms with van der Waals surface area (Å²) in [6, 6.07) is 17.8. The van der Waals surface area contributed by atoms with Crippen LogP contribution in [0.4, 0.5) is 0 Å². The fourth-order valence-corrected chi connectivity index (χ4v) is 3.57. The maximum Gasteiger partial charge on any atom is 0.227 e. The van der Waals surface area contributed by atoms with Gasteiger partial charge in [-0.3, -0.25) is 4.90 Å². The highest BCUT2D eigenvalue weighted by Crippen LogP contribution is 2.31. The number of hydrogen-bond acceptors (Lipinski definition) is 6. The van der Waals surface area contributed by atoms with Crippen LogP contribution in [0, 0.1) is 0 Å². The summed E-state index contributed by atoms with van der Waals surface area (Å²) in [5.41, 5.74) is 0.977. The summed E-state index contributed by atoms with van der Waals surface area (Å²) < 4.78 is 17.4. The van der Waals surface area contributed by atoms with Gasteiger partial charge in [0, 0.05) is 18.5 Å². The van der Waals surface area contributed by atoms with Crippen molar-refractivity contribution in [1.29, 1.82) is 0 Å². The molecule has 0 N–H and O–H groups in total. The quantitative estimate of drug-likeness (QED) is 0.542. The van der Waals surface area contributed by atoms with E-state index in [2.05, 4.69) is 22.0 Å². The van der Waals surface area contributed by atoms with E-state index in [-0.39, 0.29) is 6.10 Å². The van der Waals surface area contributed by atoms with Crippen LogP contribution >= 0.6 is 0 Å². The SMILES string of the molecule is CCCN(CCCc1nc(-c2ccccc2)no1)CC1COc2ccccc2O1. The predicted molar refractivity (Wildman–Crippen MR) is 111 cm³/mol. The predicted octanol–water partition coefficient (Wildman–Crippen LogP) is 4.22. The molecule has 152 valence electrons. The molecule has 2 aromatic carbocycles. The first-order valence-corrected chi connectivity index (χ1v) is 10.3. The normalized spacial score (nSPS) is 15.6. The molecule has 1 aromatic heterocycles. The molecule has 0 saturated heterocycles. The van der Waals surface area contributed by atoms with Crippen LogP contribution in [0.5, 0.6) is 11.5 Å². The van der Waals surface area contributed by atoms with E-state index in [1.54, 1.807) is 0 Å². The lowest BCUT2D eigenvalue weighted by molar-refractivity contribution is 0.0581. The molecule has 0 amide bonds. The average Bonchev–Trinajstić information content (AvgIpc) is 3.23. The van der Waals surface area contributed by atoms with E-state index in [0.717, 1.165) is 56.0 Å². The standard InChI is InChI=1S/C23H27N3O3/c1-2-14-26(16-19-17-27-20-11-6-7-12-21(20)28-19)15-8-13-22-24-23(25-29-22)18-9-4-3-5-10-18/h3-7,9-12,19H,2,8,13-17H2,1H3. The van der Waals surface area contributed by atoms with E-state index in [1.807, 2.05) is 54.6 Å². The Morgan fingerprint density at radius 1 is 1.00 bits per heavy atom. The van der Waals surface area contributed by atoms with Gasteiger partial charge in [0.25, 0.3) is 0 Å². The molecule has 0 bridgehead atoms. The Morgan fingerprint density at radius 3 is 2.62 bits per heavy atom. The van der Waals surface area contributed by atoms with Crippen molar-refractivity contribution in [1.82, 2.24) is 15.0 Å². The van der Waals surface area contributed by atoms with Gasteiger partial charge >= 0.3 is 0 Å². The molecule has 1 unspecified atom stereocenters. The number of nitrogens with zero attached hydrogens (tertiary/aromatic N) is 3. The number of aromatic nitrogens is 2. The van der Waals surface area contributed by atoms with Gasteiger partial charge in [-0.05, 0) is 38.1 Å². The average molecular weight is 393 g/mol. The van der Waals surface area contributed by atoms with Gasteiger partial charge in [0.15, 0.2) is 11.5 Å². The molecule has 0 radical (unpaired) electrons. The number of benzene rings is 2. The first-order valence-electron chi connectivity index (χ1n) is 10.3. The van der Waals surface area contributed by atoms with Gasteiger partial charge in [-0.15, -0.1) is 0 Å². The van der Waals surface area contributed by atoms with Crippen molar-refractivity contribution in [2.75, 3.05) is 26.2 Å². The fourth-order valence-electron chi connectivity index (χ4n) is 3.57. The summed E-state index contributed by atoms with van der Waals surface area (Å²) in [4.78, 5) is 6.95. The molecule has 29 heavy (non-hydrogen) atoms. The summed E-state index contributed by atoms with van der Waals surface area (Å²) in [6.07, 6.45) is 2.87. The molecule has 0 aliphatic carbocycles. The van der Waals surface area contributed by atoms with E-state index in [9.17, 15) is 0 Å². The van der Waals surface area contributed by atoms with Gasteiger partial charge in [0.2, 0.25) is 11.7 Å². The number of fused-ring (bicyclic) bond motifs is 1. The highest BCUT2D eigenvalue weighted by Gasteiger charge is 2.22. The monoisotopic (exact) mass is 393 g/mol. The molecule has 0 spiro atoms. The number of hydrogen-bond donors (Lipinski definition) is 0. The Balaban J connectivity index is 1.28. The van der Waals surface area contributed by atoms with Gasteiger partial charge in [-0.25, -0.2) is 0 Å². The molecule has 1 aliphatic rings. The van der Waals surface area contributed by atoms with Crippen molar-refractivity contribution in [2.24, 2.45) is 0 Å². The molecule has 0 fully saturated rings. The number of aryl methyl sites for hydroxylation is 1. The summed E-state index contributed by atoms with van der Waals surface area (Å²) >= 11 is 0. The number of rotatable bonds is 9. The Kier molecular flexibility index (Phi) is 6.42. The lowest BCUT2D eigenvalue weighted by Gasteiger charge is -2.31. The van der Waals surface area contributed by atoms with Crippen molar-refractivity contribution >= 4 is 0 Å². The van der Waals surface area contributed by atoms with E-state index in [4.69, 9.17) is 14.0 Å². The van der Waals surface area contributed by atoms with Crippen LogP contribution in [-0.4, -0.2) is 47.4 Å². The zero-order valence-corrected chi connectivity index (χ0v) is 16.8. The molecule has 3 aromatic rings. The van der Waals surface area contributed by atoms with Crippen LogP contribution in [0.2, 0.25) is 0 Å². The van der Waals surface area contributed by atoms with E-state index in [0.29, 0.717) is 18.3 Å². The summed E-state index contributed by atoms with van der Waals surface area (Å²) in [5.74, 6) is 3.00. The Hall–Kier alpha value is -2.86. The first-order chi connectivity index (χ1) is 14.3. The third-order valence-corrected chi connectivity index (χ3v) is 4.93. The van der Waals surface area contributed by atoms with Gasteiger partial charge in [0.05, 0.1) is 0 Å².